The van der Waals surface area contributed by atoms with E-state index >= 15 is 0 Å². The van der Waals surface area contributed by atoms with E-state index in [1.807, 2.05) is 0 Å². The lowest BCUT2D eigenvalue weighted by Crippen LogP contribution is -2.42. The van der Waals surface area contributed by atoms with Crippen LogP contribution in [0.3, 0.4) is 0 Å². The molecule has 2 heterocycles. The largest absolute Gasteiger partial charge is 0.373 e. The van der Waals surface area contributed by atoms with E-state index in [2.05, 4.69) is 70.8 Å². The number of rotatable bonds is 23. The first-order valence-electron chi connectivity index (χ1n) is 15.9. The first-order chi connectivity index (χ1) is 17.8. The van der Waals surface area contributed by atoms with Crippen LogP contribution >= 0.6 is 0 Å². The second-order valence-electron chi connectivity index (χ2n) is 10.9. The fraction of sp³-hybridized carbons (Fsp3) is 0.812. The predicted octanol–water partition coefficient (Wildman–Crippen LogP) is 8.63. The highest BCUT2D eigenvalue weighted by Crippen LogP contribution is 2.16. The van der Waals surface area contributed by atoms with Crippen LogP contribution in [0.2, 0.25) is 0 Å². The van der Waals surface area contributed by atoms with Crippen LogP contribution in [0.5, 0.6) is 0 Å². The van der Waals surface area contributed by atoms with Gasteiger partial charge in [0.05, 0.1) is 26.2 Å². The van der Waals surface area contributed by atoms with E-state index in [1.54, 1.807) is 0 Å². The molecule has 0 bridgehead atoms. The number of nitrogens with zero attached hydrogens (tertiary/aromatic N) is 4. The van der Waals surface area contributed by atoms with Crippen molar-refractivity contribution < 1.29 is 9.13 Å². The zero-order valence-corrected chi connectivity index (χ0v) is 24.7. The summed E-state index contributed by atoms with van der Waals surface area (Å²) in [6.45, 7) is 13.4. The van der Waals surface area contributed by atoms with Gasteiger partial charge in [0.1, 0.15) is 24.8 Å². The second-order valence-corrected chi connectivity index (χ2v) is 10.9. The SMILES string of the molecule is CCCCCCCCCCCC[n+]1ccn(CC)c1-c1n(CC)cc[n+]1CCCCCCCCCC. The maximum atomic E-state index is 2.53. The van der Waals surface area contributed by atoms with E-state index < -0.39 is 0 Å². The highest BCUT2D eigenvalue weighted by molar-refractivity contribution is 5.36. The van der Waals surface area contributed by atoms with E-state index in [0.29, 0.717) is 0 Å². The standard InChI is InChI=1S/C32H60N4/c1-5-9-11-13-15-17-18-20-22-24-26-36-30-28-34(8-4)32(36)31-33(7-3)27-29-35(31)25-23-21-19-16-14-12-10-6-2/h27-30H,5-26H2,1-4H3/q+2. The lowest BCUT2D eigenvalue weighted by Gasteiger charge is -2.06. The Morgan fingerprint density at radius 1 is 0.444 bits per heavy atom. The van der Waals surface area contributed by atoms with E-state index in [9.17, 15) is 0 Å². The molecule has 0 aliphatic carbocycles. The summed E-state index contributed by atoms with van der Waals surface area (Å²) in [5.74, 6) is 2.78. The second kappa shape index (κ2) is 19.5. The van der Waals surface area contributed by atoms with Crippen LogP contribution in [0.15, 0.2) is 24.8 Å². The molecule has 0 fully saturated rings. The molecular formula is C32H60N4+2. The number of aryl methyl sites for hydroxylation is 4. The zero-order chi connectivity index (χ0) is 25.8. The van der Waals surface area contributed by atoms with Gasteiger partial charge in [-0.2, -0.15) is 0 Å². The molecule has 0 saturated carbocycles. The number of imidazole rings is 2. The fourth-order valence-corrected chi connectivity index (χ4v) is 5.50. The van der Waals surface area contributed by atoms with Crippen molar-refractivity contribution in [1.82, 2.24) is 9.13 Å². The number of unbranched alkanes of at least 4 members (excludes halogenated alkanes) is 16. The molecule has 36 heavy (non-hydrogen) atoms. The summed E-state index contributed by atoms with van der Waals surface area (Å²) in [6, 6.07) is 0. The fourth-order valence-electron chi connectivity index (χ4n) is 5.50. The molecule has 2 aromatic rings. The molecule has 0 aliphatic heterocycles. The summed E-state index contributed by atoms with van der Waals surface area (Å²) in [4.78, 5) is 0. The molecule has 0 unspecified atom stereocenters. The summed E-state index contributed by atoms with van der Waals surface area (Å²) in [5, 5.41) is 0. The maximum Gasteiger partial charge on any atom is 0.373 e. The van der Waals surface area contributed by atoms with Crippen LogP contribution < -0.4 is 9.13 Å². The minimum absolute atomic E-state index is 1.02. The summed E-state index contributed by atoms with van der Waals surface area (Å²) in [6.07, 6.45) is 34.2. The number of hydrogen-bond donors (Lipinski definition) is 0. The molecule has 0 amide bonds. The summed E-state index contributed by atoms with van der Waals surface area (Å²) >= 11 is 0. The van der Waals surface area contributed by atoms with Crippen molar-refractivity contribution in [3.05, 3.63) is 24.8 Å². The van der Waals surface area contributed by atoms with Crippen molar-refractivity contribution in [2.45, 2.75) is 169 Å². The van der Waals surface area contributed by atoms with Gasteiger partial charge < -0.3 is 0 Å². The average Bonchev–Trinajstić information content (AvgIpc) is 3.49. The smallest absolute Gasteiger partial charge is 0.224 e. The van der Waals surface area contributed by atoms with Gasteiger partial charge in [-0.05, 0) is 39.5 Å². The van der Waals surface area contributed by atoms with Crippen molar-refractivity contribution in [2.75, 3.05) is 0 Å². The van der Waals surface area contributed by atoms with Crippen LogP contribution in [0.25, 0.3) is 11.6 Å². The Bertz CT molecular complexity index is 788. The molecule has 0 N–H and O–H groups in total. The lowest BCUT2D eigenvalue weighted by atomic mass is 10.1. The van der Waals surface area contributed by atoms with E-state index in [1.165, 1.54) is 127 Å². The third kappa shape index (κ3) is 10.8. The highest BCUT2D eigenvalue weighted by atomic mass is 15.2. The summed E-state index contributed by atoms with van der Waals surface area (Å²) < 4.78 is 9.94. The van der Waals surface area contributed by atoms with Crippen LogP contribution in [0, 0.1) is 0 Å². The molecular weight excluding hydrogens is 440 g/mol. The van der Waals surface area contributed by atoms with Gasteiger partial charge in [-0.3, -0.25) is 0 Å². The molecule has 0 aromatic carbocycles. The quantitative estimate of drug-likeness (QED) is 0.107. The Hall–Kier alpha value is -1.58. The monoisotopic (exact) mass is 500 g/mol. The van der Waals surface area contributed by atoms with Gasteiger partial charge in [-0.1, -0.05) is 104 Å². The predicted molar refractivity (Wildman–Crippen MR) is 154 cm³/mol. The third-order valence-electron chi connectivity index (χ3n) is 7.83. The lowest BCUT2D eigenvalue weighted by molar-refractivity contribution is -0.715. The Kier molecular flexibility index (Phi) is 16.6. The van der Waals surface area contributed by atoms with E-state index in [4.69, 9.17) is 0 Å². The first-order valence-corrected chi connectivity index (χ1v) is 15.9. The molecule has 4 nitrogen and oxygen atoms in total. The van der Waals surface area contributed by atoms with Crippen molar-refractivity contribution in [2.24, 2.45) is 0 Å². The van der Waals surface area contributed by atoms with Crippen molar-refractivity contribution in [1.29, 1.82) is 0 Å². The highest BCUT2D eigenvalue weighted by Gasteiger charge is 2.31. The normalized spacial score (nSPS) is 11.6. The number of hydrogen-bond acceptors (Lipinski definition) is 0. The summed E-state index contributed by atoms with van der Waals surface area (Å²) in [5.41, 5.74) is 0. The third-order valence-corrected chi connectivity index (χ3v) is 7.83. The molecule has 0 radical (unpaired) electrons. The van der Waals surface area contributed by atoms with Crippen LogP contribution in [0.1, 0.15) is 143 Å². The zero-order valence-electron chi connectivity index (χ0n) is 24.7. The number of aromatic nitrogens is 4. The molecule has 2 aromatic heterocycles. The molecule has 206 valence electrons. The van der Waals surface area contributed by atoms with Crippen molar-refractivity contribution >= 4 is 0 Å². The van der Waals surface area contributed by atoms with E-state index in [-0.39, 0.29) is 0 Å². The van der Waals surface area contributed by atoms with Crippen LogP contribution in [-0.4, -0.2) is 9.13 Å². The van der Waals surface area contributed by atoms with Gasteiger partial charge >= 0.3 is 11.6 Å². The van der Waals surface area contributed by atoms with Gasteiger partial charge in [0.2, 0.25) is 0 Å². The Labute approximate surface area is 224 Å². The van der Waals surface area contributed by atoms with Crippen LogP contribution in [0.4, 0.5) is 0 Å². The molecule has 2 rings (SSSR count). The minimum Gasteiger partial charge on any atom is -0.224 e. The Balaban J connectivity index is 1.87. The van der Waals surface area contributed by atoms with Gasteiger partial charge in [-0.15, -0.1) is 0 Å². The van der Waals surface area contributed by atoms with Crippen LogP contribution in [-0.2, 0) is 26.2 Å². The average molecular weight is 501 g/mol. The summed E-state index contributed by atoms with van der Waals surface area (Å²) in [7, 11) is 0. The molecule has 0 atom stereocenters. The molecule has 0 spiro atoms. The van der Waals surface area contributed by atoms with Crippen molar-refractivity contribution in [3.8, 4) is 11.6 Å². The van der Waals surface area contributed by atoms with Gasteiger partial charge in [-0.25, -0.2) is 18.3 Å². The Morgan fingerprint density at radius 2 is 0.750 bits per heavy atom. The molecule has 0 aliphatic rings. The molecule has 0 saturated heterocycles. The van der Waals surface area contributed by atoms with Gasteiger partial charge in [0, 0.05) is 0 Å². The minimum atomic E-state index is 1.02. The van der Waals surface area contributed by atoms with E-state index in [0.717, 1.165) is 26.2 Å². The first kappa shape index (κ1) is 30.6. The van der Waals surface area contributed by atoms with Crippen molar-refractivity contribution in [3.63, 3.8) is 0 Å². The van der Waals surface area contributed by atoms with Gasteiger partial charge in [0.15, 0.2) is 0 Å². The van der Waals surface area contributed by atoms with Gasteiger partial charge in [0.25, 0.3) is 0 Å². The maximum absolute atomic E-state index is 2.53. The topological polar surface area (TPSA) is 17.6 Å². The Morgan fingerprint density at radius 3 is 1.06 bits per heavy atom. The molecule has 4 heteroatoms.